The number of rotatable bonds is 3. The van der Waals surface area contributed by atoms with E-state index in [1.54, 1.807) is 0 Å². The maximum atomic E-state index is 11.9. The van der Waals surface area contributed by atoms with Crippen molar-refractivity contribution in [1.29, 1.82) is 0 Å². The van der Waals surface area contributed by atoms with Gasteiger partial charge in [-0.15, -0.1) is 11.8 Å². The summed E-state index contributed by atoms with van der Waals surface area (Å²) in [5.41, 5.74) is 0. The Bertz CT molecular complexity index is 349. The Kier molecular flexibility index (Phi) is 2.42. The monoisotopic (exact) mass is 217 g/mol. The lowest BCUT2D eigenvalue weighted by atomic mass is 10.0. The molecule has 0 aromatic rings. The summed E-state index contributed by atoms with van der Waals surface area (Å²) in [4.78, 5) is 11.9. The average Bonchev–Trinajstić information content (AvgIpc) is 2.74. The first-order valence-electron chi connectivity index (χ1n) is 6.50. The van der Waals surface area contributed by atoms with E-state index in [-0.39, 0.29) is 0 Å². The van der Waals surface area contributed by atoms with E-state index in [4.69, 9.17) is 0 Å². The molecule has 1 N–H and O–H groups in total. The van der Waals surface area contributed by atoms with Gasteiger partial charge in [0, 0.05) is 18.9 Å². The molecule has 0 heterocycles. The summed E-state index contributed by atoms with van der Waals surface area (Å²) in [6.07, 6.45) is 4.98. The Morgan fingerprint density at radius 1 is 1.31 bits per heavy atom. The summed E-state index contributed by atoms with van der Waals surface area (Å²) in [5.74, 6) is 9.81. The van der Waals surface area contributed by atoms with E-state index in [0.29, 0.717) is 11.8 Å². The number of hydrogen-bond acceptors (Lipinski definition) is 1. The summed E-state index contributed by atoms with van der Waals surface area (Å²) in [5, 5.41) is 3.04. The Morgan fingerprint density at radius 3 is 2.62 bits per heavy atom. The molecule has 3 rings (SSSR count). The summed E-state index contributed by atoms with van der Waals surface area (Å²) >= 11 is 0. The van der Waals surface area contributed by atoms with Crippen LogP contribution in [-0.4, -0.2) is 12.5 Å². The largest absolute Gasteiger partial charge is 0.355 e. The van der Waals surface area contributed by atoms with E-state index in [1.807, 2.05) is 6.92 Å². The lowest BCUT2D eigenvalue weighted by Crippen LogP contribution is -2.28. The SMILES string of the molecule is CC#CCCNC(=O)C1C2C3CCC(C3)C12. The number of carbonyl (C=O) groups is 1. The van der Waals surface area contributed by atoms with E-state index in [0.717, 1.165) is 36.6 Å². The van der Waals surface area contributed by atoms with Crippen LogP contribution < -0.4 is 5.32 Å². The molecular weight excluding hydrogens is 198 g/mol. The molecule has 0 aromatic carbocycles. The highest BCUT2D eigenvalue weighted by Crippen LogP contribution is 2.69. The van der Waals surface area contributed by atoms with Gasteiger partial charge in [-0.1, -0.05) is 0 Å². The molecule has 1 amide bonds. The molecule has 0 saturated heterocycles. The standard InChI is InChI=1S/C14H19NO/c1-2-3-4-7-15-14(16)13-11-9-5-6-10(8-9)12(11)13/h9-13H,4-8H2,1H3,(H,15,16). The highest BCUT2D eigenvalue weighted by Gasteiger charge is 2.67. The number of nitrogens with one attached hydrogen (secondary N) is 1. The molecular formula is C14H19NO. The molecule has 2 heteroatoms. The van der Waals surface area contributed by atoms with Crippen molar-refractivity contribution in [2.45, 2.75) is 32.6 Å². The molecule has 2 bridgehead atoms. The van der Waals surface area contributed by atoms with Crippen LogP contribution in [0.15, 0.2) is 0 Å². The first-order valence-corrected chi connectivity index (χ1v) is 6.50. The summed E-state index contributed by atoms with van der Waals surface area (Å²) < 4.78 is 0. The lowest BCUT2D eigenvalue weighted by Gasteiger charge is -2.08. The Morgan fingerprint density at radius 2 is 2.00 bits per heavy atom. The molecule has 86 valence electrons. The Labute approximate surface area is 97.2 Å². The lowest BCUT2D eigenvalue weighted by molar-refractivity contribution is -0.123. The number of hydrogen-bond donors (Lipinski definition) is 1. The van der Waals surface area contributed by atoms with Crippen molar-refractivity contribution in [1.82, 2.24) is 5.32 Å². The number of carbonyl (C=O) groups excluding carboxylic acids is 1. The van der Waals surface area contributed by atoms with Gasteiger partial charge in [0.05, 0.1) is 0 Å². The van der Waals surface area contributed by atoms with Gasteiger partial charge in [0.25, 0.3) is 0 Å². The quantitative estimate of drug-likeness (QED) is 0.567. The molecule has 0 aromatic heterocycles. The van der Waals surface area contributed by atoms with Gasteiger partial charge in [-0.2, -0.15) is 0 Å². The topological polar surface area (TPSA) is 29.1 Å². The Balaban J connectivity index is 1.49. The van der Waals surface area contributed by atoms with Crippen LogP contribution in [0.2, 0.25) is 0 Å². The maximum absolute atomic E-state index is 11.9. The summed E-state index contributed by atoms with van der Waals surface area (Å²) in [6, 6.07) is 0. The van der Waals surface area contributed by atoms with E-state index in [2.05, 4.69) is 17.2 Å². The van der Waals surface area contributed by atoms with E-state index in [1.165, 1.54) is 19.3 Å². The molecule has 0 radical (unpaired) electrons. The third kappa shape index (κ3) is 1.45. The van der Waals surface area contributed by atoms with Crippen LogP contribution in [0, 0.1) is 41.4 Å². The first-order chi connectivity index (χ1) is 7.83. The number of fused-ring (bicyclic) bond motifs is 5. The van der Waals surface area contributed by atoms with E-state index in [9.17, 15) is 4.79 Å². The fourth-order valence-corrected chi connectivity index (χ4v) is 4.17. The molecule has 0 spiro atoms. The smallest absolute Gasteiger partial charge is 0.223 e. The highest BCUT2D eigenvalue weighted by molar-refractivity contribution is 5.82. The third-order valence-corrected chi connectivity index (χ3v) is 4.76. The van der Waals surface area contributed by atoms with Crippen LogP contribution in [0.25, 0.3) is 0 Å². The molecule has 0 aliphatic heterocycles. The van der Waals surface area contributed by atoms with Crippen LogP contribution >= 0.6 is 0 Å². The van der Waals surface area contributed by atoms with Crippen LogP contribution in [-0.2, 0) is 4.79 Å². The fraction of sp³-hybridized carbons (Fsp3) is 0.786. The minimum atomic E-state index is 0.310. The van der Waals surface area contributed by atoms with E-state index >= 15 is 0 Å². The molecule has 3 aliphatic rings. The van der Waals surface area contributed by atoms with Gasteiger partial charge in [0.2, 0.25) is 5.91 Å². The van der Waals surface area contributed by atoms with Crippen molar-refractivity contribution < 1.29 is 4.79 Å². The van der Waals surface area contributed by atoms with Crippen molar-refractivity contribution in [2.24, 2.45) is 29.6 Å². The zero-order chi connectivity index (χ0) is 11.1. The second kappa shape index (κ2) is 3.80. The second-order valence-corrected chi connectivity index (χ2v) is 5.48. The average molecular weight is 217 g/mol. The van der Waals surface area contributed by atoms with Crippen LogP contribution in [0.1, 0.15) is 32.6 Å². The van der Waals surface area contributed by atoms with Crippen molar-refractivity contribution in [3.8, 4) is 11.8 Å². The molecule has 3 aliphatic carbocycles. The van der Waals surface area contributed by atoms with Gasteiger partial charge in [-0.05, 0) is 49.9 Å². The third-order valence-electron chi connectivity index (χ3n) is 4.76. The minimum absolute atomic E-state index is 0.310. The van der Waals surface area contributed by atoms with Gasteiger partial charge in [-0.25, -0.2) is 0 Å². The Hall–Kier alpha value is -0.970. The molecule has 16 heavy (non-hydrogen) atoms. The predicted octanol–water partition coefficient (Wildman–Crippen LogP) is 1.81. The zero-order valence-electron chi connectivity index (χ0n) is 9.83. The molecule has 4 atom stereocenters. The summed E-state index contributed by atoms with van der Waals surface area (Å²) in [6.45, 7) is 2.57. The normalized spacial score (nSPS) is 42.2. The van der Waals surface area contributed by atoms with Crippen molar-refractivity contribution >= 4 is 5.91 Å². The van der Waals surface area contributed by atoms with Crippen molar-refractivity contribution in [3.63, 3.8) is 0 Å². The summed E-state index contributed by atoms with van der Waals surface area (Å²) in [7, 11) is 0. The van der Waals surface area contributed by atoms with Crippen LogP contribution in [0.5, 0.6) is 0 Å². The number of amides is 1. The van der Waals surface area contributed by atoms with E-state index < -0.39 is 0 Å². The molecule has 3 fully saturated rings. The van der Waals surface area contributed by atoms with Crippen LogP contribution in [0.3, 0.4) is 0 Å². The van der Waals surface area contributed by atoms with Gasteiger partial charge in [0.15, 0.2) is 0 Å². The molecule has 2 nitrogen and oxygen atoms in total. The first kappa shape index (κ1) is 10.2. The molecule has 3 saturated carbocycles. The van der Waals surface area contributed by atoms with Gasteiger partial charge >= 0.3 is 0 Å². The van der Waals surface area contributed by atoms with Gasteiger partial charge in [0.1, 0.15) is 0 Å². The van der Waals surface area contributed by atoms with Gasteiger partial charge < -0.3 is 5.32 Å². The predicted molar refractivity (Wildman–Crippen MR) is 62.4 cm³/mol. The van der Waals surface area contributed by atoms with Gasteiger partial charge in [-0.3, -0.25) is 4.79 Å². The van der Waals surface area contributed by atoms with Crippen LogP contribution in [0.4, 0.5) is 0 Å². The second-order valence-electron chi connectivity index (χ2n) is 5.48. The zero-order valence-corrected chi connectivity index (χ0v) is 9.83. The molecule has 4 unspecified atom stereocenters. The minimum Gasteiger partial charge on any atom is -0.355 e. The fourth-order valence-electron chi connectivity index (χ4n) is 4.17. The maximum Gasteiger partial charge on any atom is 0.223 e. The van der Waals surface area contributed by atoms with Crippen molar-refractivity contribution in [2.75, 3.05) is 6.54 Å². The highest BCUT2D eigenvalue weighted by atomic mass is 16.2. The van der Waals surface area contributed by atoms with Crippen molar-refractivity contribution in [3.05, 3.63) is 0 Å².